The maximum absolute atomic E-state index is 13.1. The molecule has 0 saturated heterocycles. The molecule has 1 spiro atoms. The van der Waals surface area contributed by atoms with Gasteiger partial charge in [0, 0.05) is 11.0 Å². The zero-order valence-electron chi connectivity index (χ0n) is 10.8. The highest BCUT2D eigenvalue weighted by Gasteiger charge is 2.58. The summed E-state index contributed by atoms with van der Waals surface area (Å²) in [4.78, 5) is 13.1. The van der Waals surface area contributed by atoms with E-state index in [-0.39, 0.29) is 5.41 Å². The molecular weight excluding hydrogens is 220 g/mol. The minimum Gasteiger partial charge on any atom is -0.294 e. The second kappa shape index (κ2) is 3.69. The molecule has 2 fully saturated rings. The van der Waals surface area contributed by atoms with Gasteiger partial charge in [0.2, 0.25) is 0 Å². The summed E-state index contributed by atoms with van der Waals surface area (Å²) in [7, 11) is 0. The third kappa shape index (κ3) is 1.20. The van der Waals surface area contributed by atoms with Crippen LogP contribution in [-0.2, 0) is 6.42 Å². The van der Waals surface area contributed by atoms with Gasteiger partial charge < -0.3 is 0 Å². The van der Waals surface area contributed by atoms with E-state index < -0.39 is 0 Å². The van der Waals surface area contributed by atoms with Crippen LogP contribution in [0.2, 0.25) is 0 Å². The van der Waals surface area contributed by atoms with Gasteiger partial charge in [0.1, 0.15) is 0 Å². The molecule has 3 aliphatic carbocycles. The van der Waals surface area contributed by atoms with Gasteiger partial charge in [-0.15, -0.1) is 0 Å². The number of fused-ring (bicyclic) bond motifs is 1. The predicted molar refractivity (Wildman–Crippen MR) is 71.6 cm³/mol. The molecule has 0 radical (unpaired) electrons. The van der Waals surface area contributed by atoms with Crippen molar-refractivity contribution in [2.45, 2.75) is 44.9 Å². The molecule has 0 heterocycles. The second-order valence-corrected chi connectivity index (χ2v) is 6.43. The van der Waals surface area contributed by atoms with Crippen LogP contribution in [0.25, 0.3) is 0 Å². The van der Waals surface area contributed by atoms with E-state index in [1.165, 1.54) is 37.7 Å². The Morgan fingerprint density at radius 1 is 1.00 bits per heavy atom. The summed E-state index contributed by atoms with van der Waals surface area (Å²) in [6.45, 7) is 0. The number of aryl methyl sites for hydroxylation is 1. The molecular formula is C17H20O. The highest BCUT2D eigenvalue weighted by molar-refractivity contribution is 6.03. The van der Waals surface area contributed by atoms with Crippen LogP contribution in [0, 0.1) is 17.3 Å². The van der Waals surface area contributed by atoms with Crippen molar-refractivity contribution in [3.8, 4) is 0 Å². The van der Waals surface area contributed by atoms with Gasteiger partial charge in [-0.2, -0.15) is 0 Å². The van der Waals surface area contributed by atoms with Gasteiger partial charge >= 0.3 is 0 Å². The summed E-state index contributed by atoms with van der Waals surface area (Å²) in [5, 5.41) is 0. The lowest BCUT2D eigenvalue weighted by Crippen LogP contribution is -2.35. The Hall–Kier alpha value is -1.11. The molecule has 0 aromatic heterocycles. The van der Waals surface area contributed by atoms with Crippen LogP contribution in [0.4, 0.5) is 0 Å². The average Bonchev–Trinajstić information content (AvgIpc) is 2.89. The van der Waals surface area contributed by atoms with Crippen LogP contribution >= 0.6 is 0 Å². The number of hydrogen-bond donors (Lipinski definition) is 0. The van der Waals surface area contributed by atoms with Crippen molar-refractivity contribution in [1.82, 2.24) is 0 Å². The number of carbonyl (C=O) groups excluding carboxylic acids is 1. The summed E-state index contributed by atoms with van der Waals surface area (Å²) >= 11 is 0. The second-order valence-electron chi connectivity index (χ2n) is 6.43. The first-order valence-corrected chi connectivity index (χ1v) is 7.45. The van der Waals surface area contributed by atoms with Gasteiger partial charge in [-0.25, -0.2) is 0 Å². The molecule has 18 heavy (non-hydrogen) atoms. The molecule has 3 aliphatic rings. The van der Waals surface area contributed by atoms with Crippen LogP contribution in [0.15, 0.2) is 24.3 Å². The first kappa shape index (κ1) is 10.8. The SMILES string of the molecule is O=C1c2ccccc2CCCC12C1CCC2CC1. The fourth-order valence-electron chi connectivity index (χ4n) is 5.13. The molecule has 1 aromatic carbocycles. The van der Waals surface area contributed by atoms with Crippen LogP contribution < -0.4 is 0 Å². The Labute approximate surface area is 109 Å². The molecule has 4 rings (SSSR count). The normalized spacial score (nSPS) is 37.9. The van der Waals surface area contributed by atoms with E-state index in [0.29, 0.717) is 17.6 Å². The van der Waals surface area contributed by atoms with Gasteiger partial charge in [-0.05, 0) is 62.3 Å². The zero-order chi connectivity index (χ0) is 12.2. The number of hydrogen-bond acceptors (Lipinski definition) is 1. The lowest BCUT2D eigenvalue weighted by Gasteiger charge is -2.32. The average molecular weight is 240 g/mol. The molecule has 1 nitrogen and oxygen atoms in total. The van der Waals surface area contributed by atoms with Gasteiger partial charge in [0.25, 0.3) is 0 Å². The first-order valence-electron chi connectivity index (χ1n) is 7.45. The van der Waals surface area contributed by atoms with E-state index in [0.717, 1.165) is 18.4 Å². The topological polar surface area (TPSA) is 17.1 Å². The predicted octanol–water partition coefficient (Wildman–Crippen LogP) is 4.01. The Kier molecular flexibility index (Phi) is 2.21. The van der Waals surface area contributed by atoms with Crippen LogP contribution in [-0.4, -0.2) is 5.78 Å². The van der Waals surface area contributed by atoms with Gasteiger partial charge in [-0.1, -0.05) is 24.3 Å². The molecule has 0 atom stereocenters. The first-order chi connectivity index (χ1) is 8.82. The number of carbonyl (C=O) groups is 1. The summed E-state index contributed by atoms with van der Waals surface area (Å²) in [5.41, 5.74) is 2.39. The summed E-state index contributed by atoms with van der Waals surface area (Å²) in [6.07, 6.45) is 8.67. The Balaban J connectivity index is 1.86. The Morgan fingerprint density at radius 3 is 2.39 bits per heavy atom. The highest BCUT2D eigenvalue weighted by atomic mass is 16.1. The smallest absolute Gasteiger partial charge is 0.169 e. The minimum atomic E-state index is 0.0482. The van der Waals surface area contributed by atoms with Crippen molar-refractivity contribution < 1.29 is 4.79 Å². The third-order valence-electron chi connectivity index (χ3n) is 5.91. The lowest BCUT2D eigenvalue weighted by atomic mass is 9.70. The van der Waals surface area contributed by atoms with Crippen molar-refractivity contribution in [2.24, 2.45) is 17.3 Å². The lowest BCUT2D eigenvalue weighted by molar-refractivity contribution is 0.0681. The molecule has 0 N–H and O–H groups in total. The Bertz CT molecular complexity index is 482. The third-order valence-corrected chi connectivity index (χ3v) is 5.91. The summed E-state index contributed by atoms with van der Waals surface area (Å²) < 4.78 is 0. The Morgan fingerprint density at radius 2 is 1.67 bits per heavy atom. The van der Waals surface area contributed by atoms with E-state index in [4.69, 9.17) is 0 Å². The maximum Gasteiger partial charge on any atom is 0.169 e. The van der Waals surface area contributed by atoms with Crippen molar-refractivity contribution in [2.75, 3.05) is 0 Å². The number of ketones is 1. The highest BCUT2D eigenvalue weighted by Crippen LogP contribution is 2.62. The summed E-state index contributed by atoms with van der Waals surface area (Å²) in [5.74, 6) is 1.89. The molecule has 0 amide bonds. The van der Waals surface area contributed by atoms with E-state index in [9.17, 15) is 4.79 Å². The standard InChI is InChI=1S/C17H20O/c18-16-15-6-2-1-4-12(15)5-3-11-17(16)13-7-8-14(17)10-9-13/h1-2,4,6,13-14H,3,5,7-11H2. The number of benzene rings is 1. The van der Waals surface area contributed by atoms with Crippen LogP contribution in [0.5, 0.6) is 0 Å². The van der Waals surface area contributed by atoms with Crippen molar-refractivity contribution in [1.29, 1.82) is 0 Å². The fraction of sp³-hybridized carbons (Fsp3) is 0.588. The fourth-order valence-corrected chi connectivity index (χ4v) is 5.13. The zero-order valence-corrected chi connectivity index (χ0v) is 10.8. The molecule has 1 aromatic rings. The van der Waals surface area contributed by atoms with Crippen molar-refractivity contribution in [3.63, 3.8) is 0 Å². The molecule has 0 aliphatic heterocycles. The van der Waals surface area contributed by atoms with Crippen LogP contribution in [0.3, 0.4) is 0 Å². The molecule has 2 bridgehead atoms. The quantitative estimate of drug-likeness (QED) is 0.669. The molecule has 2 saturated carbocycles. The van der Waals surface area contributed by atoms with Crippen molar-refractivity contribution in [3.05, 3.63) is 35.4 Å². The monoisotopic (exact) mass is 240 g/mol. The minimum absolute atomic E-state index is 0.0482. The summed E-state index contributed by atoms with van der Waals surface area (Å²) in [6, 6.07) is 8.34. The largest absolute Gasteiger partial charge is 0.294 e. The van der Waals surface area contributed by atoms with E-state index in [1.54, 1.807) is 0 Å². The number of Topliss-reactive ketones (excluding diaryl/α,β-unsaturated/α-hetero) is 1. The van der Waals surface area contributed by atoms with E-state index in [2.05, 4.69) is 18.2 Å². The van der Waals surface area contributed by atoms with Crippen molar-refractivity contribution >= 4 is 5.78 Å². The molecule has 0 unspecified atom stereocenters. The van der Waals surface area contributed by atoms with E-state index >= 15 is 0 Å². The van der Waals surface area contributed by atoms with Crippen LogP contribution in [0.1, 0.15) is 54.4 Å². The maximum atomic E-state index is 13.1. The van der Waals surface area contributed by atoms with E-state index in [1.807, 2.05) is 6.07 Å². The van der Waals surface area contributed by atoms with Gasteiger partial charge in [0.05, 0.1) is 0 Å². The van der Waals surface area contributed by atoms with Gasteiger partial charge in [-0.3, -0.25) is 4.79 Å². The molecule has 94 valence electrons. The number of rotatable bonds is 0. The van der Waals surface area contributed by atoms with Gasteiger partial charge in [0.15, 0.2) is 5.78 Å². The molecule has 1 heteroatoms.